The first kappa shape index (κ1) is 9.16. The van der Waals surface area contributed by atoms with E-state index in [9.17, 15) is 4.79 Å². The predicted molar refractivity (Wildman–Crippen MR) is 63.0 cm³/mol. The number of ketones is 1. The van der Waals surface area contributed by atoms with Gasteiger partial charge in [-0.2, -0.15) is 0 Å². The summed E-state index contributed by atoms with van der Waals surface area (Å²) < 4.78 is 3.21. The summed E-state index contributed by atoms with van der Waals surface area (Å²) in [7, 11) is 2.04. The molecule has 15 heavy (non-hydrogen) atoms. The Hall–Kier alpha value is -1.09. The number of carbonyl (C=O) groups excluding carboxylic acids is 1. The first-order valence-electron chi connectivity index (χ1n) is 4.94. The van der Waals surface area contributed by atoms with Crippen LogP contribution in [-0.2, 0) is 24.7 Å². The lowest BCUT2D eigenvalue weighted by molar-refractivity contribution is -0.117. The Bertz CT molecular complexity index is 583. The summed E-state index contributed by atoms with van der Waals surface area (Å²) in [6.07, 6.45) is 1.20. The number of rotatable bonds is 0. The highest BCUT2D eigenvalue weighted by atomic mass is 79.9. The van der Waals surface area contributed by atoms with Crippen LogP contribution in [0, 0.1) is 0 Å². The standard InChI is InChI=1S/C12H10BrNO/c1-14-11-3-2-7(13)4-9(11)10-5-8(15)6-12(10)14/h2-4H,5-6H2,1H3. The second kappa shape index (κ2) is 2.95. The van der Waals surface area contributed by atoms with Crippen molar-refractivity contribution in [3.05, 3.63) is 33.9 Å². The van der Waals surface area contributed by atoms with Gasteiger partial charge in [0, 0.05) is 41.0 Å². The van der Waals surface area contributed by atoms with E-state index in [1.54, 1.807) is 0 Å². The molecule has 0 saturated carbocycles. The van der Waals surface area contributed by atoms with Crippen LogP contribution in [0.3, 0.4) is 0 Å². The van der Waals surface area contributed by atoms with Crippen molar-refractivity contribution >= 4 is 32.6 Å². The zero-order valence-electron chi connectivity index (χ0n) is 8.38. The van der Waals surface area contributed by atoms with E-state index in [2.05, 4.69) is 32.6 Å². The zero-order valence-corrected chi connectivity index (χ0v) is 9.97. The predicted octanol–water partition coefficient (Wildman–Crippen LogP) is 2.61. The van der Waals surface area contributed by atoms with Crippen LogP contribution in [0.4, 0.5) is 0 Å². The molecular weight excluding hydrogens is 254 g/mol. The van der Waals surface area contributed by atoms with E-state index < -0.39 is 0 Å². The molecule has 0 radical (unpaired) electrons. The Labute approximate surface area is 96.0 Å². The molecular formula is C12H10BrNO. The molecule has 0 N–H and O–H groups in total. The van der Waals surface area contributed by atoms with Crippen LogP contribution in [0.2, 0.25) is 0 Å². The quantitative estimate of drug-likeness (QED) is 0.716. The minimum atomic E-state index is 0.331. The molecule has 0 aliphatic heterocycles. The Morgan fingerprint density at radius 2 is 2.13 bits per heavy atom. The van der Waals surface area contributed by atoms with Crippen LogP contribution in [-0.4, -0.2) is 10.4 Å². The van der Waals surface area contributed by atoms with Gasteiger partial charge in [0.2, 0.25) is 0 Å². The van der Waals surface area contributed by atoms with Gasteiger partial charge in [-0.25, -0.2) is 0 Å². The summed E-state index contributed by atoms with van der Waals surface area (Å²) in [4.78, 5) is 11.4. The molecule has 3 heteroatoms. The Balaban J connectivity index is 2.41. The van der Waals surface area contributed by atoms with Gasteiger partial charge in [-0.05, 0) is 23.8 Å². The smallest absolute Gasteiger partial charge is 0.143 e. The summed E-state index contributed by atoms with van der Waals surface area (Å²) in [5.74, 6) is 0.331. The van der Waals surface area contributed by atoms with Gasteiger partial charge in [0.05, 0.1) is 0 Å². The van der Waals surface area contributed by atoms with E-state index in [-0.39, 0.29) is 0 Å². The summed E-state index contributed by atoms with van der Waals surface area (Å²) >= 11 is 3.47. The lowest BCUT2D eigenvalue weighted by atomic mass is 10.1. The highest BCUT2D eigenvalue weighted by Crippen LogP contribution is 2.32. The van der Waals surface area contributed by atoms with Crippen LogP contribution < -0.4 is 0 Å². The molecule has 0 unspecified atom stereocenters. The molecule has 76 valence electrons. The second-order valence-electron chi connectivity index (χ2n) is 4.04. The maximum absolute atomic E-state index is 11.4. The maximum atomic E-state index is 11.4. The van der Waals surface area contributed by atoms with Gasteiger partial charge >= 0.3 is 0 Å². The number of fused-ring (bicyclic) bond motifs is 3. The first-order chi connectivity index (χ1) is 7.16. The van der Waals surface area contributed by atoms with Gasteiger partial charge in [0.1, 0.15) is 5.78 Å². The third kappa shape index (κ3) is 1.19. The molecule has 3 rings (SSSR count). The van der Waals surface area contributed by atoms with Crippen LogP contribution in [0.15, 0.2) is 22.7 Å². The number of nitrogens with zero attached hydrogens (tertiary/aromatic N) is 1. The van der Waals surface area contributed by atoms with Crippen molar-refractivity contribution in [2.75, 3.05) is 0 Å². The first-order valence-corrected chi connectivity index (χ1v) is 5.73. The topological polar surface area (TPSA) is 22.0 Å². The molecule has 1 aliphatic rings. The summed E-state index contributed by atoms with van der Waals surface area (Å²) in [5, 5.41) is 1.22. The Morgan fingerprint density at radius 1 is 1.33 bits per heavy atom. The molecule has 0 fully saturated rings. The minimum Gasteiger partial charge on any atom is -0.347 e. The number of benzene rings is 1. The van der Waals surface area contributed by atoms with Gasteiger partial charge in [0.25, 0.3) is 0 Å². The number of hydrogen-bond acceptors (Lipinski definition) is 1. The summed E-state index contributed by atoms with van der Waals surface area (Å²) in [5.41, 5.74) is 3.63. The number of aromatic nitrogens is 1. The Kier molecular flexibility index (Phi) is 1.80. The molecule has 1 aliphatic carbocycles. The van der Waals surface area contributed by atoms with E-state index >= 15 is 0 Å². The van der Waals surface area contributed by atoms with Crippen molar-refractivity contribution in [3.8, 4) is 0 Å². The number of halogens is 1. The number of hydrogen-bond donors (Lipinski definition) is 0. The molecule has 1 heterocycles. The highest BCUT2D eigenvalue weighted by molar-refractivity contribution is 9.10. The van der Waals surface area contributed by atoms with Crippen molar-refractivity contribution in [3.63, 3.8) is 0 Å². The normalized spacial score (nSPS) is 14.9. The van der Waals surface area contributed by atoms with Gasteiger partial charge in [-0.15, -0.1) is 0 Å². The summed E-state index contributed by atoms with van der Waals surface area (Å²) in [6.45, 7) is 0. The number of carbonyl (C=O) groups is 1. The molecule has 1 aromatic heterocycles. The van der Waals surface area contributed by atoms with Crippen molar-refractivity contribution in [2.45, 2.75) is 12.8 Å². The molecule has 0 atom stereocenters. The molecule has 0 amide bonds. The van der Waals surface area contributed by atoms with Crippen LogP contribution in [0.25, 0.3) is 10.9 Å². The number of aryl methyl sites for hydroxylation is 1. The third-order valence-electron chi connectivity index (χ3n) is 3.14. The fourth-order valence-corrected chi connectivity index (χ4v) is 2.78. The second-order valence-corrected chi connectivity index (χ2v) is 4.95. The molecule has 2 aromatic rings. The molecule has 0 spiro atoms. The van der Waals surface area contributed by atoms with E-state index in [4.69, 9.17) is 0 Å². The monoisotopic (exact) mass is 263 g/mol. The lowest BCUT2D eigenvalue weighted by Gasteiger charge is -2.00. The maximum Gasteiger partial charge on any atom is 0.143 e. The van der Waals surface area contributed by atoms with Gasteiger partial charge in [-0.1, -0.05) is 15.9 Å². The van der Waals surface area contributed by atoms with Crippen molar-refractivity contribution in [1.82, 2.24) is 4.57 Å². The fourth-order valence-electron chi connectivity index (χ4n) is 2.41. The molecule has 0 saturated heterocycles. The minimum absolute atomic E-state index is 0.331. The lowest BCUT2D eigenvalue weighted by Crippen LogP contribution is -1.99. The summed E-state index contributed by atoms with van der Waals surface area (Å²) in [6, 6.07) is 6.24. The van der Waals surface area contributed by atoms with Crippen molar-refractivity contribution in [1.29, 1.82) is 0 Å². The average Bonchev–Trinajstić information content (AvgIpc) is 2.67. The van der Waals surface area contributed by atoms with Crippen LogP contribution >= 0.6 is 15.9 Å². The van der Waals surface area contributed by atoms with E-state index in [0.717, 1.165) is 4.47 Å². The molecule has 0 bridgehead atoms. The van der Waals surface area contributed by atoms with Gasteiger partial charge in [0.15, 0.2) is 0 Å². The molecule has 1 aromatic carbocycles. The Morgan fingerprint density at radius 3 is 2.93 bits per heavy atom. The zero-order chi connectivity index (χ0) is 10.6. The van der Waals surface area contributed by atoms with E-state index in [0.29, 0.717) is 18.6 Å². The molecule has 2 nitrogen and oxygen atoms in total. The van der Waals surface area contributed by atoms with Crippen LogP contribution in [0.1, 0.15) is 11.3 Å². The van der Waals surface area contributed by atoms with E-state index in [1.165, 1.54) is 22.2 Å². The fraction of sp³-hybridized carbons (Fsp3) is 0.250. The van der Waals surface area contributed by atoms with Crippen molar-refractivity contribution < 1.29 is 4.79 Å². The van der Waals surface area contributed by atoms with Gasteiger partial charge in [-0.3, -0.25) is 4.79 Å². The number of Topliss-reactive ketones (excluding diaryl/α,β-unsaturated/α-hetero) is 1. The van der Waals surface area contributed by atoms with Crippen molar-refractivity contribution in [2.24, 2.45) is 7.05 Å². The largest absolute Gasteiger partial charge is 0.347 e. The van der Waals surface area contributed by atoms with Gasteiger partial charge < -0.3 is 4.57 Å². The highest BCUT2D eigenvalue weighted by Gasteiger charge is 2.25. The SMILES string of the molecule is Cn1c2c(c3cc(Br)ccc31)CC(=O)C2. The van der Waals surface area contributed by atoms with E-state index in [1.807, 2.05) is 13.1 Å². The van der Waals surface area contributed by atoms with Crippen LogP contribution in [0.5, 0.6) is 0 Å². The third-order valence-corrected chi connectivity index (χ3v) is 3.63. The average molecular weight is 264 g/mol.